The fourth-order valence-electron chi connectivity index (χ4n) is 6.17. The molecule has 0 aliphatic carbocycles. The lowest BCUT2D eigenvalue weighted by Gasteiger charge is -2.35. The Hall–Kier alpha value is -4.99. The summed E-state index contributed by atoms with van der Waals surface area (Å²) in [5.74, 6) is 2.15. The molecular weight excluding hydrogens is 768 g/mol. The second kappa shape index (κ2) is 19.4. The third-order valence-corrected chi connectivity index (χ3v) is 10.4. The van der Waals surface area contributed by atoms with E-state index < -0.39 is 23.7 Å². The van der Waals surface area contributed by atoms with Gasteiger partial charge in [-0.25, -0.2) is 24.5 Å². The number of nitrogens with one attached hydrogen (secondary N) is 2. The van der Waals surface area contributed by atoms with Crippen LogP contribution in [0.3, 0.4) is 0 Å². The Morgan fingerprint density at radius 2 is 1.74 bits per heavy atom. The first kappa shape index (κ1) is 43.1. The van der Waals surface area contributed by atoms with Gasteiger partial charge >= 0.3 is 12.1 Å². The molecule has 306 valence electrons. The number of para-hydroxylation sites is 1. The third kappa shape index (κ3) is 12.5. The SMILES string of the molecule is COc1ccc(CN(c2cc(N3CCN(CCOC(=O)[C@H](CC(C)C)NC(=O)OC(C)(C)C)CC3)nc(C)n2)c2ncc(C(=O)Nc3c(C)cccc3Cl)s2)cc1. The monoisotopic (exact) mass is 820 g/mol. The van der Waals surface area contributed by atoms with Crippen LogP contribution in [0.1, 0.15) is 67.7 Å². The van der Waals surface area contributed by atoms with Crippen LogP contribution in [0.15, 0.2) is 54.7 Å². The number of anilines is 4. The van der Waals surface area contributed by atoms with E-state index in [9.17, 15) is 14.4 Å². The Morgan fingerprint density at radius 1 is 1.02 bits per heavy atom. The summed E-state index contributed by atoms with van der Waals surface area (Å²) in [6.07, 6.45) is 1.36. The Labute approximate surface area is 343 Å². The van der Waals surface area contributed by atoms with Crippen molar-refractivity contribution >= 4 is 63.4 Å². The highest BCUT2D eigenvalue weighted by Crippen LogP contribution is 2.34. The van der Waals surface area contributed by atoms with Gasteiger partial charge in [0, 0.05) is 38.8 Å². The van der Waals surface area contributed by atoms with E-state index in [2.05, 4.69) is 25.4 Å². The number of aromatic nitrogens is 3. The number of methoxy groups -OCH3 is 1. The lowest BCUT2D eigenvalue weighted by Crippen LogP contribution is -2.48. The Bertz CT molecular complexity index is 1980. The predicted molar refractivity (Wildman–Crippen MR) is 224 cm³/mol. The van der Waals surface area contributed by atoms with Gasteiger partial charge in [-0.2, -0.15) is 0 Å². The fourth-order valence-corrected chi connectivity index (χ4v) is 7.26. The van der Waals surface area contributed by atoms with Gasteiger partial charge in [-0.15, -0.1) is 0 Å². The molecule has 0 unspecified atom stereocenters. The summed E-state index contributed by atoms with van der Waals surface area (Å²) >= 11 is 7.66. The van der Waals surface area contributed by atoms with E-state index in [0.29, 0.717) is 65.0 Å². The van der Waals surface area contributed by atoms with Crippen LogP contribution >= 0.6 is 22.9 Å². The van der Waals surface area contributed by atoms with Crippen molar-refractivity contribution in [1.29, 1.82) is 0 Å². The summed E-state index contributed by atoms with van der Waals surface area (Å²) in [5, 5.41) is 6.67. The maximum Gasteiger partial charge on any atom is 0.408 e. The summed E-state index contributed by atoms with van der Waals surface area (Å²) in [6.45, 7) is 17.1. The minimum Gasteiger partial charge on any atom is -0.497 e. The first-order valence-electron chi connectivity index (χ1n) is 19.0. The average molecular weight is 821 g/mol. The summed E-state index contributed by atoms with van der Waals surface area (Å²) in [5.41, 5.74) is 1.74. The van der Waals surface area contributed by atoms with Crippen molar-refractivity contribution in [3.8, 4) is 5.75 Å². The van der Waals surface area contributed by atoms with Gasteiger partial charge < -0.3 is 29.7 Å². The second-order valence-electron chi connectivity index (χ2n) is 15.3. The summed E-state index contributed by atoms with van der Waals surface area (Å²) in [6, 6.07) is 14.4. The van der Waals surface area contributed by atoms with E-state index in [1.807, 2.05) is 75.1 Å². The highest BCUT2D eigenvalue weighted by molar-refractivity contribution is 7.17. The molecule has 0 radical (unpaired) electrons. The molecule has 14 nitrogen and oxygen atoms in total. The normalized spacial score (nSPS) is 13.9. The summed E-state index contributed by atoms with van der Waals surface area (Å²) < 4.78 is 16.4. The first-order chi connectivity index (χ1) is 27.1. The molecule has 1 atom stereocenters. The van der Waals surface area contributed by atoms with Gasteiger partial charge in [0.05, 0.1) is 30.6 Å². The molecule has 5 rings (SSSR count). The van der Waals surface area contributed by atoms with Gasteiger partial charge in [-0.05, 0) is 76.3 Å². The first-order valence-corrected chi connectivity index (χ1v) is 20.2. The Morgan fingerprint density at radius 3 is 2.39 bits per heavy atom. The van der Waals surface area contributed by atoms with Crippen LogP contribution in [0.4, 0.5) is 27.2 Å². The zero-order chi connectivity index (χ0) is 41.3. The molecule has 2 N–H and O–H groups in total. The van der Waals surface area contributed by atoms with Crippen LogP contribution in [0, 0.1) is 19.8 Å². The molecule has 0 spiro atoms. The van der Waals surface area contributed by atoms with Crippen LogP contribution in [0.25, 0.3) is 0 Å². The molecule has 1 saturated heterocycles. The molecule has 1 aliphatic rings. The van der Waals surface area contributed by atoms with Gasteiger partial charge in [0.2, 0.25) is 0 Å². The predicted octanol–water partition coefficient (Wildman–Crippen LogP) is 7.41. The number of hydrogen-bond acceptors (Lipinski definition) is 13. The maximum atomic E-state index is 13.4. The van der Waals surface area contributed by atoms with Crippen LogP contribution in [0.2, 0.25) is 5.02 Å². The molecule has 0 saturated carbocycles. The van der Waals surface area contributed by atoms with Crippen molar-refractivity contribution in [3.63, 3.8) is 0 Å². The standard InChI is InChI=1S/C41H53ClN8O6S/c1-26(2)22-32(46-40(53)56-41(5,6)7)38(52)55-21-20-48-16-18-49(19-17-48)34-23-35(45-28(4)44-34)50(25-29-12-14-30(54-8)15-13-29)39-43-24-33(57-39)37(51)47-36-27(3)10-9-11-31(36)42/h9-15,23-24,26,32H,16-22,25H2,1-8H3,(H,46,53)(H,47,51)/t32-/m0/s1. The van der Waals surface area contributed by atoms with Crippen LogP contribution in [-0.2, 0) is 20.8 Å². The Kier molecular flexibility index (Phi) is 14.7. The van der Waals surface area contributed by atoms with Crippen LogP contribution < -0.4 is 25.2 Å². The van der Waals surface area contributed by atoms with E-state index in [1.54, 1.807) is 40.1 Å². The van der Waals surface area contributed by atoms with Crippen molar-refractivity contribution in [2.24, 2.45) is 5.92 Å². The third-order valence-electron chi connectivity index (χ3n) is 9.03. The molecule has 16 heteroatoms. The number of carbonyl (C=O) groups excluding carboxylic acids is 3. The van der Waals surface area contributed by atoms with E-state index >= 15 is 0 Å². The van der Waals surface area contributed by atoms with E-state index in [4.69, 9.17) is 35.8 Å². The fraction of sp³-hybridized carbons (Fsp3) is 0.463. The zero-order valence-electron chi connectivity index (χ0n) is 33.9. The zero-order valence-corrected chi connectivity index (χ0v) is 35.5. The minimum absolute atomic E-state index is 0.168. The summed E-state index contributed by atoms with van der Waals surface area (Å²) in [4.78, 5) is 60.0. The molecule has 0 bridgehead atoms. The second-order valence-corrected chi connectivity index (χ2v) is 16.7. The van der Waals surface area contributed by atoms with Crippen LogP contribution in [0.5, 0.6) is 5.75 Å². The molecule has 4 aromatic rings. The maximum absolute atomic E-state index is 13.4. The molecule has 57 heavy (non-hydrogen) atoms. The van der Waals surface area contributed by atoms with Crippen molar-refractivity contribution in [3.05, 3.63) is 81.6 Å². The van der Waals surface area contributed by atoms with Crippen molar-refractivity contribution in [2.45, 2.75) is 73.1 Å². The molecule has 2 aromatic heterocycles. The number of rotatable bonds is 15. The van der Waals surface area contributed by atoms with Crippen molar-refractivity contribution in [2.75, 3.05) is 61.6 Å². The number of piperazine rings is 1. The van der Waals surface area contributed by atoms with Crippen molar-refractivity contribution in [1.82, 2.24) is 25.2 Å². The number of hydrogen-bond donors (Lipinski definition) is 2. The number of benzene rings is 2. The Balaban J connectivity index is 1.26. The molecule has 3 heterocycles. The molecular formula is C41H53ClN8O6S. The van der Waals surface area contributed by atoms with E-state index in [1.165, 1.54) is 11.3 Å². The number of nitrogens with zero attached hydrogens (tertiary/aromatic N) is 6. The highest BCUT2D eigenvalue weighted by atomic mass is 35.5. The number of thiazole rings is 1. The smallest absolute Gasteiger partial charge is 0.408 e. The van der Waals surface area contributed by atoms with Gasteiger partial charge in [0.1, 0.15) is 46.3 Å². The molecule has 2 amide bonds. The van der Waals surface area contributed by atoms with Gasteiger partial charge in [-0.3, -0.25) is 14.6 Å². The van der Waals surface area contributed by atoms with Gasteiger partial charge in [-0.1, -0.05) is 61.1 Å². The minimum atomic E-state index is -0.790. The number of amides is 2. The number of ether oxygens (including phenoxy) is 3. The number of esters is 1. The number of alkyl carbamates (subject to hydrolysis) is 1. The molecule has 1 aliphatic heterocycles. The van der Waals surface area contributed by atoms with E-state index in [0.717, 1.165) is 35.8 Å². The molecule has 1 fully saturated rings. The largest absolute Gasteiger partial charge is 0.497 e. The molecule has 2 aromatic carbocycles. The van der Waals surface area contributed by atoms with Crippen LogP contribution in [-0.4, -0.2) is 95.9 Å². The highest BCUT2D eigenvalue weighted by Gasteiger charge is 2.28. The van der Waals surface area contributed by atoms with Gasteiger partial charge in [0.25, 0.3) is 5.91 Å². The van der Waals surface area contributed by atoms with E-state index in [-0.39, 0.29) is 18.4 Å². The average Bonchev–Trinajstić information content (AvgIpc) is 3.65. The number of halogens is 1. The quantitative estimate of drug-likeness (QED) is 0.115. The summed E-state index contributed by atoms with van der Waals surface area (Å²) in [7, 11) is 1.63. The lowest BCUT2D eigenvalue weighted by atomic mass is 10.0. The topological polar surface area (TPSA) is 151 Å². The number of carbonyl (C=O) groups is 3. The lowest BCUT2D eigenvalue weighted by molar-refractivity contribution is -0.147. The van der Waals surface area contributed by atoms with Gasteiger partial charge in [0.15, 0.2) is 5.13 Å². The van der Waals surface area contributed by atoms with Crippen molar-refractivity contribution < 1.29 is 28.6 Å². The number of aryl methyl sites for hydroxylation is 2.